The second-order valence-electron chi connectivity index (χ2n) is 10.2. The van der Waals surface area contributed by atoms with Crippen molar-refractivity contribution >= 4 is 25.2 Å². The quantitative estimate of drug-likeness (QED) is 0.0566. The average Bonchev–Trinajstić information content (AvgIpc) is 3.33. The van der Waals surface area contributed by atoms with Crippen LogP contribution in [-0.2, 0) is 24.9 Å². The van der Waals surface area contributed by atoms with Gasteiger partial charge in [-0.25, -0.2) is 15.0 Å². The molecule has 2 aromatic heterocycles. The maximum Gasteiger partial charge on any atom is 0.699 e. The van der Waals surface area contributed by atoms with Crippen molar-refractivity contribution in [1.29, 1.82) is 0 Å². The van der Waals surface area contributed by atoms with E-state index < -0.39 is 8.25 Å². The van der Waals surface area contributed by atoms with Gasteiger partial charge in [0.2, 0.25) is 6.79 Å². The Morgan fingerprint density at radius 3 is 2.03 bits per heavy atom. The summed E-state index contributed by atoms with van der Waals surface area (Å²) in [6.45, 7) is 2.73. The zero-order valence-corrected chi connectivity index (χ0v) is 24.8. The van der Waals surface area contributed by atoms with Gasteiger partial charge in [0.15, 0.2) is 11.5 Å². The van der Waals surface area contributed by atoms with E-state index in [4.69, 9.17) is 25.9 Å². The first-order valence-corrected chi connectivity index (χ1v) is 15.9. The normalized spacial score (nSPS) is 12.6. The molecule has 0 spiro atoms. The number of hydrogen-bond acceptors (Lipinski definition) is 8. The Kier molecular flexibility index (Phi) is 18.4. The van der Waals surface area contributed by atoms with Gasteiger partial charge in [0.05, 0.1) is 19.0 Å². The Bertz CT molecular complexity index is 965. The monoisotopic (exact) mass is 562 g/mol. The number of imidazole rings is 1. The number of hydrogen-bond donors (Lipinski definition) is 1. The molecule has 2 N–H and O–H groups in total. The minimum atomic E-state index is -2.18. The number of nitrogen functional groups attached to an aromatic ring is 1. The van der Waals surface area contributed by atoms with Crippen molar-refractivity contribution in [2.24, 2.45) is 0 Å². The third-order valence-corrected chi connectivity index (χ3v) is 7.52. The third kappa shape index (κ3) is 15.3. The highest BCUT2D eigenvalue weighted by Gasteiger charge is 2.21. The number of aromatic nitrogens is 4. The maximum atomic E-state index is 11.9. The van der Waals surface area contributed by atoms with Crippen LogP contribution >= 0.6 is 8.25 Å². The number of nitrogens with zero attached hydrogens (tertiary/aromatic N) is 4. The van der Waals surface area contributed by atoms with Gasteiger partial charge in [0, 0.05) is 11.0 Å². The van der Waals surface area contributed by atoms with Crippen LogP contribution in [0.3, 0.4) is 0 Å². The van der Waals surface area contributed by atoms with Gasteiger partial charge in [-0.05, 0) is 19.8 Å². The van der Waals surface area contributed by atoms with Crippen LogP contribution in [0.25, 0.3) is 11.2 Å². The van der Waals surface area contributed by atoms with E-state index in [1.54, 1.807) is 6.33 Å². The fraction of sp³-hybridized carbons (Fsp3) is 0.759. The Morgan fingerprint density at radius 1 is 0.872 bits per heavy atom. The van der Waals surface area contributed by atoms with Gasteiger partial charge in [-0.2, -0.15) is 0 Å². The Morgan fingerprint density at radius 2 is 1.44 bits per heavy atom. The number of ether oxygens (including phenoxy) is 1. The van der Waals surface area contributed by atoms with E-state index in [0.717, 1.165) is 19.3 Å². The van der Waals surface area contributed by atoms with Crippen molar-refractivity contribution in [3.8, 4) is 12.3 Å². The fourth-order valence-corrected chi connectivity index (χ4v) is 5.03. The zero-order valence-electron chi connectivity index (χ0n) is 23.9. The summed E-state index contributed by atoms with van der Waals surface area (Å²) in [6, 6.07) is 0. The minimum absolute atomic E-state index is 0.103. The van der Waals surface area contributed by atoms with Crippen LogP contribution in [0.1, 0.15) is 116 Å². The maximum absolute atomic E-state index is 11.9. The Hall–Kier alpha value is -2.11. The second-order valence-corrected chi connectivity index (χ2v) is 11.2. The first kappa shape index (κ1) is 33.1. The molecule has 2 atom stereocenters. The van der Waals surface area contributed by atoms with Crippen LogP contribution in [0.15, 0.2) is 12.7 Å². The van der Waals surface area contributed by atoms with Crippen LogP contribution in [0.4, 0.5) is 5.82 Å². The van der Waals surface area contributed by atoms with Crippen molar-refractivity contribution < 1.29 is 18.3 Å². The largest absolute Gasteiger partial charge is 0.699 e. The van der Waals surface area contributed by atoms with E-state index in [-0.39, 0.29) is 12.9 Å². The van der Waals surface area contributed by atoms with Crippen LogP contribution in [0.2, 0.25) is 0 Å². The molecule has 218 valence electrons. The predicted molar refractivity (Wildman–Crippen MR) is 157 cm³/mol. The van der Waals surface area contributed by atoms with Crippen molar-refractivity contribution in [1.82, 2.24) is 19.5 Å². The topological polar surface area (TPSA) is 114 Å². The molecule has 0 fully saturated rings. The summed E-state index contributed by atoms with van der Waals surface area (Å²) >= 11 is 0. The molecular weight excluding hydrogens is 513 g/mol. The zero-order chi connectivity index (χ0) is 28.0. The van der Waals surface area contributed by atoms with Crippen LogP contribution in [-0.4, -0.2) is 39.0 Å². The average molecular weight is 563 g/mol. The van der Waals surface area contributed by atoms with Gasteiger partial charge in [-0.1, -0.05) is 94.4 Å². The lowest BCUT2D eigenvalue weighted by atomic mass is 10.0. The highest BCUT2D eigenvalue weighted by atomic mass is 31.1. The molecular formula is C29H49N5O4P+. The van der Waals surface area contributed by atoms with Gasteiger partial charge < -0.3 is 15.0 Å². The SMILES string of the molecule is C#CCCCCCCCCCCCCCCCCCCO[P+](=O)OCO[C@H](C)Cn1cnc2c(N)ncnc21. The Labute approximate surface area is 236 Å². The first-order chi connectivity index (χ1) is 19.1. The van der Waals surface area contributed by atoms with Gasteiger partial charge in [-0.15, -0.1) is 16.9 Å². The van der Waals surface area contributed by atoms with Gasteiger partial charge in [0.25, 0.3) is 0 Å². The molecule has 0 amide bonds. The molecule has 39 heavy (non-hydrogen) atoms. The highest BCUT2D eigenvalue weighted by molar-refractivity contribution is 7.33. The lowest BCUT2D eigenvalue weighted by molar-refractivity contribution is -0.0367. The molecule has 0 aromatic carbocycles. The second kappa shape index (κ2) is 21.7. The number of anilines is 1. The lowest BCUT2D eigenvalue weighted by Gasteiger charge is -2.11. The van der Waals surface area contributed by atoms with Gasteiger partial charge >= 0.3 is 8.25 Å². The number of rotatable bonds is 25. The molecule has 0 saturated heterocycles. The molecule has 0 aliphatic rings. The highest BCUT2D eigenvalue weighted by Crippen LogP contribution is 2.24. The number of terminal acetylenes is 1. The van der Waals surface area contributed by atoms with E-state index >= 15 is 0 Å². The smallest absolute Gasteiger partial charge is 0.382 e. The molecule has 2 aromatic rings. The van der Waals surface area contributed by atoms with Crippen molar-refractivity contribution in [2.75, 3.05) is 19.1 Å². The van der Waals surface area contributed by atoms with Gasteiger partial charge in [-0.3, -0.25) is 0 Å². The van der Waals surface area contributed by atoms with Crippen LogP contribution < -0.4 is 5.73 Å². The van der Waals surface area contributed by atoms with Crippen molar-refractivity contribution in [3.05, 3.63) is 12.7 Å². The van der Waals surface area contributed by atoms with Crippen LogP contribution in [0, 0.1) is 12.3 Å². The summed E-state index contributed by atoms with van der Waals surface area (Å²) < 4.78 is 29.8. The molecule has 2 rings (SSSR count). The molecule has 9 nitrogen and oxygen atoms in total. The fourth-order valence-electron chi connectivity index (χ4n) is 4.53. The minimum Gasteiger partial charge on any atom is -0.382 e. The molecule has 2 heterocycles. The summed E-state index contributed by atoms with van der Waals surface area (Å²) in [5.41, 5.74) is 7.02. The summed E-state index contributed by atoms with van der Waals surface area (Å²) in [6.07, 6.45) is 29.6. The summed E-state index contributed by atoms with van der Waals surface area (Å²) in [5.74, 6) is 3.06. The lowest BCUT2D eigenvalue weighted by Crippen LogP contribution is -2.17. The van der Waals surface area contributed by atoms with Crippen LogP contribution in [0.5, 0.6) is 0 Å². The molecule has 0 bridgehead atoms. The summed E-state index contributed by atoms with van der Waals surface area (Å²) in [7, 11) is -2.18. The first-order valence-electron chi connectivity index (χ1n) is 14.8. The molecule has 10 heteroatoms. The molecule has 0 aliphatic heterocycles. The predicted octanol–water partition coefficient (Wildman–Crippen LogP) is 7.73. The van der Waals surface area contributed by atoms with E-state index in [1.165, 1.54) is 96.2 Å². The summed E-state index contributed by atoms with van der Waals surface area (Å²) in [5, 5.41) is 0. The standard InChI is InChI=1S/C29H49N5O4P/c1-3-4-5-6-7-8-9-10-11-12-13-14-15-16-17-18-19-20-21-37-39(35)38-25-36-26(2)22-34-24-33-27-28(30)31-23-32-29(27)34/h1,23-24,26H,4-22,25H2,2H3,(H2,30,31,32)/q+1/t26-/m1/s1. The summed E-state index contributed by atoms with van der Waals surface area (Å²) in [4.78, 5) is 12.4. The van der Waals surface area contributed by atoms with E-state index in [2.05, 4.69) is 20.9 Å². The molecule has 1 unspecified atom stereocenters. The molecule has 0 radical (unpaired) electrons. The molecule has 0 aliphatic carbocycles. The van der Waals surface area contributed by atoms with E-state index in [0.29, 0.717) is 30.1 Å². The van der Waals surface area contributed by atoms with Gasteiger partial charge in [0.1, 0.15) is 18.5 Å². The third-order valence-electron chi connectivity index (χ3n) is 6.81. The number of nitrogens with two attached hydrogens (primary N) is 1. The van der Waals surface area contributed by atoms with E-state index in [1.807, 2.05) is 11.5 Å². The number of unbranched alkanes of at least 4 members (excludes halogenated alkanes) is 16. The van der Waals surface area contributed by atoms with Crippen molar-refractivity contribution in [3.63, 3.8) is 0 Å². The number of fused-ring (bicyclic) bond motifs is 1. The molecule has 0 saturated carbocycles. The van der Waals surface area contributed by atoms with Crippen molar-refractivity contribution in [2.45, 2.75) is 129 Å². The Balaban J connectivity index is 1.32. The van der Waals surface area contributed by atoms with E-state index in [9.17, 15) is 4.57 Å².